The van der Waals surface area contributed by atoms with Crippen molar-refractivity contribution in [3.8, 4) is 0 Å². The van der Waals surface area contributed by atoms with Crippen LogP contribution in [0, 0.1) is 5.82 Å². The summed E-state index contributed by atoms with van der Waals surface area (Å²) in [6.45, 7) is 5.54. The number of hydrogen-bond acceptors (Lipinski definition) is 5. The van der Waals surface area contributed by atoms with Gasteiger partial charge >= 0.3 is 0 Å². The highest BCUT2D eigenvalue weighted by Gasteiger charge is 2.35. The minimum absolute atomic E-state index is 0.171. The smallest absolute Gasteiger partial charge is 0.249 e. The van der Waals surface area contributed by atoms with Gasteiger partial charge in [-0.15, -0.1) is 5.10 Å². The molecule has 1 atom stereocenters. The Morgan fingerprint density at radius 1 is 1.17 bits per heavy atom. The van der Waals surface area contributed by atoms with Crippen LogP contribution in [0.15, 0.2) is 67.0 Å². The van der Waals surface area contributed by atoms with Crippen molar-refractivity contribution < 1.29 is 14.0 Å². The Morgan fingerprint density at radius 3 is 2.64 bits per heavy atom. The number of halogens is 2. The van der Waals surface area contributed by atoms with Crippen LogP contribution in [-0.4, -0.2) is 37.3 Å². The van der Waals surface area contributed by atoms with Gasteiger partial charge in [0.25, 0.3) is 0 Å². The zero-order chi connectivity index (χ0) is 25.9. The fraction of sp³-hybridized carbons (Fsp3) is 0.269. The fourth-order valence-corrected chi connectivity index (χ4v) is 3.93. The van der Waals surface area contributed by atoms with Gasteiger partial charge in [0.05, 0.1) is 10.5 Å². The van der Waals surface area contributed by atoms with E-state index in [1.54, 1.807) is 30.5 Å². The van der Waals surface area contributed by atoms with Gasteiger partial charge in [0, 0.05) is 29.2 Å². The molecule has 8 nitrogen and oxygen atoms in total. The first-order chi connectivity index (χ1) is 17.2. The maximum Gasteiger partial charge on any atom is 0.249 e. The molecule has 0 saturated heterocycles. The predicted molar refractivity (Wildman–Crippen MR) is 136 cm³/mol. The van der Waals surface area contributed by atoms with Crippen LogP contribution in [0.3, 0.4) is 0 Å². The Kier molecular flexibility index (Phi) is 7.30. The molecular weight excluding hydrogens is 483 g/mol. The average Bonchev–Trinajstić information content (AvgIpc) is 3.27. The Balaban J connectivity index is 1.82. The maximum atomic E-state index is 14.0. The van der Waals surface area contributed by atoms with E-state index in [2.05, 4.69) is 20.6 Å². The average molecular weight is 509 g/mol. The quantitative estimate of drug-likeness (QED) is 0.372. The van der Waals surface area contributed by atoms with E-state index in [0.717, 1.165) is 6.07 Å². The molecular formula is C26H26ClFN6O2. The number of para-hydroxylation sites is 1. The maximum absolute atomic E-state index is 14.0. The Labute approximate surface area is 213 Å². The first kappa shape index (κ1) is 25.2. The molecule has 0 aliphatic carbocycles. The minimum atomic E-state index is -1.10. The van der Waals surface area contributed by atoms with E-state index in [4.69, 9.17) is 11.6 Å². The highest BCUT2D eigenvalue weighted by molar-refractivity contribution is 6.31. The molecule has 186 valence electrons. The van der Waals surface area contributed by atoms with E-state index >= 15 is 0 Å². The molecule has 2 aromatic carbocycles. The highest BCUT2D eigenvalue weighted by atomic mass is 35.5. The third-order valence-electron chi connectivity index (χ3n) is 6.01. The van der Waals surface area contributed by atoms with Crippen LogP contribution in [0.4, 0.5) is 10.1 Å². The SMILES string of the molecule is CCC(C)(C)NC(=O)[C@@H](c1cccnc1)N(C(=O)Cn1nnc2ccccc21)c1ccc(F)c(Cl)c1. The lowest BCUT2D eigenvalue weighted by Crippen LogP contribution is -2.51. The van der Waals surface area contributed by atoms with Gasteiger partial charge in [-0.05, 0) is 56.7 Å². The number of carbonyl (C=O) groups excluding carboxylic acids is 2. The number of hydrogen-bond donors (Lipinski definition) is 1. The molecule has 10 heteroatoms. The second-order valence-corrected chi connectivity index (χ2v) is 9.42. The molecule has 2 amide bonds. The Morgan fingerprint density at radius 2 is 1.94 bits per heavy atom. The number of fused-ring (bicyclic) bond motifs is 1. The minimum Gasteiger partial charge on any atom is -0.349 e. The van der Waals surface area contributed by atoms with Crippen molar-refractivity contribution in [1.29, 1.82) is 0 Å². The van der Waals surface area contributed by atoms with E-state index in [1.807, 2.05) is 32.9 Å². The molecule has 0 aliphatic rings. The Bertz CT molecular complexity index is 1390. The van der Waals surface area contributed by atoms with E-state index in [-0.39, 0.29) is 17.3 Å². The number of anilines is 1. The summed E-state index contributed by atoms with van der Waals surface area (Å²) in [5, 5.41) is 11.1. The third-order valence-corrected chi connectivity index (χ3v) is 6.30. The predicted octanol–water partition coefficient (Wildman–Crippen LogP) is 4.70. The van der Waals surface area contributed by atoms with Crippen LogP contribution >= 0.6 is 11.6 Å². The first-order valence-electron chi connectivity index (χ1n) is 11.5. The van der Waals surface area contributed by atoms with Crippen molar-refractivity contribution in [3.05, 3.63) is 83.4 Å². The second kappa shape index (κ2) is 10.4. The molecule has 36 heavy (non-hydrogen) atoms. The number of pyridine rings is 1. The van der Waals surface area contributed by atoms with E-state index in [0.29, 0.717) is 23.0 Å². The molecule has 0 fully saturated rings. The summed E-state index contributed by atoms with van der Waals surface area (Å²) in [6.07, 6.45) is 3.77. The van der Waals surface area contributed by atoms with Crippen molar-refractivity contribution in [2.75, 3.05) is 4.90 Å². The number of carbonyl (C=O) groups is 2. The number of nitrogens with zero attached hydrogens (tertiary/aromatic N) is 5. The van der Waals surface area contributed by atoms with Crippen molar-refractivity contribution >= 4 is 40.1 Å². The van der Waals surface area contributed by atoms with Crippen molar-refractivity contribution in [1.82, 2.24) is 25.3 Å². The normalized spacial score (nSPS) is 12.4. The second-order valence-electron chi connectivity index (χ2n) is 9.01. The number of nitrogens with one attached hydrogen (secondary N) is 1. The van der Waals surface area contributed by atoms with Crippen LogP contribution in [0.1, 0.15) is 38.8 Å². The van der Waals surface area contributed by atoms with Crippen molar-refractivity contribution in [2.45, 2.75) is 45.3 Å². The largest absolute Gasteiger partial charge is 0.349 e. The van der Waals surface area contributed by atoms with Gasteiger partial charge < -0.3 is 5.32 Å². The summed E-state index contributed by atoms with van der Waals surface area (Å²) in [5.41, 5.74) is 1.51. The standard InChI is InChI=1S/C26H26ClFN6O2/c1-4-26(2,3)30-25(36)24(17-8-7-13-29-15-17)34(18-11-12-20(28)19(27)14-18)23(35)16-33-22-10-6-5-9-21(22)31-32-33/h5-15,24H,4,16H2,1-3H3,(H,30,36)/t24-/m1/s1. The molecule has 2 aromatic heterocycles. The zero-order valence-corrected chi connectivity index (χ0v) is 20.9. The summed E-state index contributed by atoms with van der Waals surface area (Å²) >= 11 is 6.09. The zero-order valence-electron chi connectivity index (χ0n) is 20.2. The monoisotopic (exact) mass is 508 g/mol. The van der Waals surface area contributed by atoms with Gasteiger partial charge in [-0.3, -0.25) is 19.5 Å². The molecule has 4 rings (SSSR count). The number of benzene rings is 2. The van der Waals surface area contributed by atoms with Crippen LogP contribution in [0.2, 0.25) is 5.02 Å². The van der Waals surface area contributed by atoms with Crippen LogP contribution in [0.25, 0.3) is 11.0 Å². The van der Waals surface area contributed by atoms with Gasteiger partial charge in [-0.2, -0.15) is 0 Å². The van der Waals surface area contributed by atoms with E-state index < -0.39 is 29.2 Å². The lowest BCUT2D eigenvalue weighted by atomic mass is 9.99. The lowest BCUT2D eigenvalue weighted by Gasteiger charge is -2.34. The van der Waals surface area contributed by atoms with Gasteiger partial charge in [0.2, 0.25) is 11.8 Å². The van der Waals surface area contributed by atoms with Crippen molar-refractivity contribution in [3.63, 3.8) is 0 Å². The molecule has 1 N–H and O–H groups in total. The number of aromatic nitrogens is 4. The number of amides is 2. The molecule has 2 heterocycles. The van der Waals surface area contributed by atoms with Crippen molar-refractivity contribution in [2.24, 2.45) is 0 Å². The molecule has 0 aliphatic heterocycles. The lowest BCUT2D eigenvalue weighted by molar-refractivity contribution is -0.128. The summed E-state index contributed by atoms with van der Waals surface area (Å²) in [6, 6.07) is 13.5. The molecule has 4 aromatic rings. The fourth-order valence-electron chi connectivity index (χ4n) is 3.76. The molecule has 0 unspecified atom stereocenters. The van der Waals surface area contributed by atoms with Crippen LogP contribution < -0.4 is 10.2 Å². The van der Waals surface area contributed by atoms with Gasteiger partial charge in [0.15, 0.2) is 0 Å². The highest BCUT2D eigenvalue weighted by Crippen LogP contribution is 2.31. The van der Waals surface area contributed by atoms with E-state index in [1.165, 1.54) is 27.9 Å². The van der Waals surface area contributed by atoms with Gasteiger partial charge in [-0.25, -0.2) is 9.07 Å². The first-order valence-corrected chi connectivity index (χ1v) is 11.9. The van der Waals surface area contributed by atoms with Gasteiger partial charge in [0.1, 0.15) is 23.9 Å². The molecule has 0 radical (unpaired) electrons. The van der Waals surface area contributed by atoms with Crippen LogP contribution in [-0.2, 0) is 16.1 Å². The molecule has 0 spiro atoms. The number of rotatable bonds is 8. The topological polar surface area (TPSA) is 93.0 Å². The summed E-state index contributed by atoms with van der Waals surface area (Å²) in [5.74, 6) is -1.51. The Hall–Kier alpha value is -3.85. The third kappa shape index (κ3) is 5.36. The van der Waals surface area contributed by atoms with Gasteiger partial charge in [-0.1, -0.05) is 41.9 Å². The van der Waals surface area contributed by atoms with Crippen LogP contribution in [0.5, 0.6) is 0 Å². The summed E-state index contributed by atoms with van der Waals surface area (Å²) < 4.78 is 15.5. The molecule has 0 saturated carbocycles. The summed E-state index contributed by atoms with van der Waals surface area (Å²) in [4.78, 5) is 33.1. The van der Waals surface area contributed by atoms with E-state index in [9.17, 15) is 14.0 Å². The summed E-state index contributed by atoms with van der Waals surface area (Å²) in [7, 11) is 0. The molecule has 0 bridgehead atoms.